The van der Waals surface area contributed by atoms with Crippen molar-refractivity contribution in [3.05, 3.63) is 0 Å². The monoisotopic (exact) mass is 268 g/mol. The average Bonchev–Trinajstić information content (AvgIpc) is 3.05. The van der Waals surface area contributed by atoms with Gasteiger partial charge in [-0.3, -0.25) is 9.59 Å². The second-order valence-corrected chi connectivity index (χ2v) is 5.98. The molecular weight excluding hydrogens is 244 g/mol. The van der Waals surface area contributed by atoms with Crippen LogP contribution in [-0.2, 0) is 9.59 Å². The lowest BCUT2D eigenvalue weighted by Crippen LogP contribution is -2.40. The van der Waals surface area contributed by atoms with E-state index in [1.54, 1.807) is 4.90 Å². The number of carbonyl (C=O) groups is 2. The molecule has 0 spiro atoms. The number of carboxylic acid groups (broad SMARTS) is 1. The molecule has 1 aliphatic heterocycles. The summed E-state index contributed by atoms with van der Waals surface area (Å²) in [6.07, 6.45) is 4.15. The highest BCUT2D eigenvalue weighted by atomic mass is 16.4. The first-order valence-corrected chi connectivity index (χ1v) is 7.26. The molecule has 5 nitrogen and oxygen atoms in total. The molecule has 19 heavy (non-hydrogen) atoms. The van der Waals surface area contributed by atoms with Crippen molar-refractivity contribution >= 4 is 11.9 Å². The highest BCUT2D eigenvalue weighted by Crippen LogP contribution is 2.38. The Balaban J connectivity index is 2.04. The Kier molecular flexibility index (Phi) is 4.13. The first kappa shape index (κ1) is 14.3. The highest BCUT2D eigenvalue weighted by molar-refractivity contribution is 5.82. The maximum Gasteiger partial charge on any atom is 0.311 e. The number of likely N-dealkylation sites (tertiary alicyclic amines) is 1. The largest absolute Gasteiger partial charge is 0.481 e. The summed E-state index contributed by atoms with van der Waals surface area (Å²) in [5, 5.41) is 9.37. The number of nitrogens with two attached hydrogens (primary N) is 1. The molecular formula is C14H24N2O3. The summed E-state index contributed by atoms with van der Waals surface area (Å²) in [4.78, 5) is 25.7. The van der Waals surface area contributed by atoms with Crippen LogP contribution < -0.4 is 5.73 Å². The molecule has 5 heteroatoms. The third-order valence-electron chi connectivity index (χ3n) is 5.07. The number of nitrogens with zero attached hydrogens (tertiary/aromatic N) is 1. The normalized spacial score (nSPS) is 34.7. The van der Waals surface area contributed by atoms with Gasteiger partial charge in [0.1, 0.15) is 0 Å². The zero-order chi connectivity index (χ0) is 14.0. The van der Waals surface area contributed by atoms with Gasteiger partial charge in [0.05, 0.1) is 5.41 Å². The summed E-state index contributed by atoms with van der Waals surface area (Å²) in [5.74, 6) is -0.336. The summed E-state index contributed by atoms with van der Waals surface area (Å²) >= 11 is 0. The Morgan fingerprint density at radius 2 is 2.16 bits per heavy atom. The Morgan fingerprint density at radius 3 is 2.68 bits per heavy atom. The highest BCUT2D eigenvalue weighted by Gasteiger charge is 2.46. The van der Waals surface area contributed by atoms with E-state index in [1.807, 2.05) is 6.92 Å². The molecule has 2 fully saturated rings. The van der Waals surface area contributed by atoms with Gasteiger partial charge in [-0.25, -0.2) is 0 Å². The maximum absolute atomic E-state index is 12.5. The van der Waals surface area contributed by atoms with Crippen LogP contribution in [0.4, 0.5) is 0 Å². The Hall–Kier alpha value is -1.10. The third kappa shape index (κ3) is 2.48. The van der Waals surface area contributed by atoms with Gasteiger partial charge in [0.15, 0.2) is 0 Å². The molecule has 2 aliphatic rings. The molecule has 108 valence electrons. The van der Waals surface area contributed by atoms with Gasteiger partial charge >= 0.3 is 5.97 Å². The van der Waals surface area contributed by atoms with E-state index in [0.717, 1.165) is 19.3 Å². The van der Waals surface area contributed by atoms with E-state index in [9.17, 15) is 14.7 Å². The molecule has 3 atom stereocenters. The standard InChI is InChI=1S/C14H24N2O3/c1-2-14(13(18)19)6-7-16(9-14)12(17)11-5-3-4-10(11)8-15/h10-11H,2-9,15H2,1H3,(H,18,19). The van der Waals surface area contributed by atoms with Crippen molar-refractivity contribution in [2.45, 2.75) is 39.0 Å². The van der Waals surface area contributed by atoms with Crippen LogP contribution in [0.15, 0.2) is 0 Å². The molecule has 3 N–H and O–H groups in total. The van der Waals surface area contributed by atoms with E-state index in [0.29, 0.717) is 32.5 Å². The molecule has 1 saturated heterocycles. The van der Waals surface area contributed by atoms with Gasteiger partial charge in [0.25, 0.3) is 0 Å². The van der Waals surface area contributed by atoms with Crippen LogP contribution in [0.25, 0.3) is 0 Å². The van der Waals surface area contributed by atoms with Crippen LogP contribution >= 0.6 is 0 Å². The fourth-order valence-corrected chi connectivity index (χ4v) is 3.55. The van der Waals surface area contributed by atoms with Gasteiger partial charge in [-0.05, 0) is 38.1 Å². The fraction of sp³-hybridized carbons (Fsp3) is 0.857. The fourth-order valence-electron chi connectivity index (χ4n) is 3.55. The smallest absolute Gasteiger partial charge is 0.311 e. The molecule has 0 aromatic carbocycles. The summed E-state index contributed by atoms with van der Waals surface area (Å²) in [6, 6.07) is 0. The second-order valence-electron chi connectivity index (χ2n) is 5.98. The number of aliphatic carboxylic acids is 1. The third-order valence-corrected chi connectivity index (χ3v) is 5.07. The minimum Gasteiger partial charge on any atom is -0.481 e. The van der Waals surface area contributed by atoms with Gasteiger partial charge in [-0.1, -0.05) is 13.3 Å². The van der Waals surface area contributed by atoms with Crippen molar-refractivity contribution in [3.8, 4) is 0 Å². The number of amides is 1. The van der Waals surface area contributed by atoms with Gasteiger partial charge in [-0.2, -0.15) is 0 Å². The first-order valence-electron chi connectivity index (χ1n) is 7.26. The molecule has 0 aromatic heterocycles. The van der Waals surface area contributed by atoms with E-state index in [2.05, 4.69) is 0 Å². The Labute approximate surface area is 114 Å². The van der Waals surface area contributed by atoms with E-state index < -0.39 is 11.4 Å². The number of carbonyl (C=O) groups excluding carboxylic acids is 1. The lowest BCUT2D eigenvalue weighted by molar-refractivity contribution is -0.149. The van der Waals surface area contributed by atoms with Crippen molar-refractivity contribution < 1.29 is 14.7 Å². The van der Waals surface area contributed by atoms with Crippen molar-refractivity contribution in [1.82, 2.24) is 4.90 Å². The van der Waals surface area contributed by atoms with Crippen molar-refractivity contribution in [1.29, 1.82) is 0 Å². The van der Waals surface area contributed by atoms with Crippen LogP contribution in [0, 0.1) is 17.3 Å². The zero-order valence-corrected chi connectivity index (χ0v) is 11.6. The van der Waals surface area contributed by atoms with Gasteiger partial charge < -0.3 is 15.7 Å². The molecule has 0 aromatic rings. The van der Waals surface area contributed by atoms with Crippen molar-refractivity contribution in [3.63, 3.8) is 0 Å². The van der Waals surface area contributed by atoms with E-state index in [4.69, 9.17) is 5.73 Å². The lowest BCUT2D eigenvalue weighted by Gasteiger charge is -2.26. The van der Waals surface area contributed by atoms with E-state index in [-0.39, 0.29) is 17.7 Å². The molecule has 1 aliphatic carbocycles. The Bertz CT molecular complexity index is 372. The van der Waals surface area contributed by atoms with Crippen LogP contribution in [0.1, 0.15) is 39.0 Å². The van der Waals surface area contributed by atoms with Gasteiger partial charge in [-0.15, -0.1) is 0 Å². The van der Waals surface area contributed by atoms with Gasteiger partial charge in [0, 0.05) is 19.0 Å². The lowest BCUT2D eigenvalue weighted by atomic mass is 9.84. The van der Waals surface area contributed by atoms with Crippen LogP contribution in [0.2, 0.25) is 0 Å². The van der Waals surface area contributed by atoms with Gasteiger partial charge in [0.2, 0.25) is 5.91 Å². The zero-order valence-electron chi connectivity index (χ0n) is 11.6. The molecule has 3 unspecified atom stereocenters. The first-order chi connectivity index (χ1) is 9.04. The quantitative estimate of drug-likeness (QED) is 0.799. The summed E-state index contributed by atoms with van der Waals surface area (Å²) in [7, 11) is 0. The summed E-state index contributed by atoms with van der Waals surface area (Å²) in [6.45, 7) is 3.39. The number of hydrogen-bond donors (Lipinski definition) is 2. The number of rotatable bonds is 4. The van der Waals surface area contributed by atoms with Crippen molar-refractivity contribution in [2.75, 3.05) is 19.6 Å². The van der Waals surface area contributed by atoms with Crippen molar-refractivity contribution in [2.24, 2.45) is 23.0 Å². The summed E-state index contributed by atoms with van der Waals surface area (Å²) < 4.78 is 0. The maximum atomic E-state index is 12.5. The molecule has 1 amide bonds. The minimum atomic E-state index is -0.771. The molecule has 2 rings (SSSR count). The molecule has 1 saturated carbocycles. The average molecular weight is 268 g/mol. The van der Waals surface area contributed by atoms with Crippen LogP contribution in [-0.4, -0.2) is 41.5 Å². The second kappa shape index (κ2) is 5.49. The molecule has 0 bridgehead atoms. The topological polar surface area (TPSA) is 83.6 Å². The van der Waals surface area contributed by atoms with Crippen LogP contribution in [0.5, 0.6) is 0 Å². The molecule has 0 radical (unpaired) electrons. The predicted octanol–water partition coefficient (Wildman–Crippen LogP) is 1.07. The number of carboxylic acids is 1. The Morgan fingerprint density at radius 1 is 1.42 bits per heavy atom. The summed E-state index contributed by atoms with van der Waals surface area (Å²) in [5.41, 5.74) is 4.99. The predicted molar refractivity (Wildman–Crippen MR) is 71.4 cm³/mol. The SMILES string of the molecule is CCC1(C(=O)O)CCN(C(=O)C2CCCC2CN)C1. The van der Waals surface area contributed by atoms with Crippen LogP contribution in [0.3, 0.4) is 0 Å². The minimum absolute atomic E-state index is 0.0199. The molecule has 1 heterocycles. The van der Waals surface area contributed by atoms with E-state index >= 15 is 0 Å². The number of hydrogen-bond acceptors (Lipinski definition) is 3. The van der Waals surface area contributed by atoms with E-state index in [1.165, 1.54) is 0 Å².